The molecule has 4 aliphatic carbocycles. The Bertz CT molecular complexity index is 833. The van der Waals surface area contributed by atoms with Crippen LogP contribution in [0.2, 0.25) is 0 Å². The number of carbonyl (C=O) groups is 3. The Labute approximate surface area is 165 Å². The van der Waals surface area contributed by atoms with Gasteiger partial charge in [-0.2, -0.15) is 17.2 Å². The Morgan fingerprint density at radius 2 is 1.69 bits per heavy atom. The van der Waals surface area contributed by atoms with E-state index in [0.29, 0.717) is 19.3 Å². The largest absolute Gasteiger partial charge is 0.465 e. The van der Waals surface area contributed by atoms with E-state index < -0.39 is 44.6 Å². The fourth-order valence-corrected chi connectivity index (χ4v) is 4.97. The molecular weight excluding hydrogens is 418 g/mol. The van der Waals surface area contributed by atoms with Crippen molar-refractivity contribution in [3.63, 3.8) is 0 Å². The van der Waals surface area contributed by atoms with Gasteiger partial charge in [-0.1, -0.05) is 0 Å². The quantitative estimate of drug-likeness (QED) is 0.453. The van der Waals surface area contributed by atoms with E-state index in [1.165, 1.54) is 0 Å². The monoisotopic (exact) mass is 440 g/mol. The fraction of sp³-hybridized carbons (Fsp3) is 0.824. The number of rotatable bonds is 6. The molecule has 4 unspecified atom stereocenters. The van der Waals surface area contributed by atoms with Crippen molar-refractivity contribution in [3.05, 3.63) is 0 Å². The van der Waals surface area contributed by atoms with Gasteiger partial charge in [0.2, 0.25) is 0 Å². The SMILES string of the molecule is CC(OC(=O)C(F)(F)S(=O)(=O)O)C(C)(O)C(=O)OC12CC3CC(C1)C(=O)C(C3)C2. The second-order valence-electron chi connectivity index (χ2n) is 8.51. The second kappa shape index (κ2) is 6.67. The van der Waals surface area contributed by atoms with Crippen LogP contribution in [-0.4, -0.2) is 58.4 Å². The molecule has 9 nitrogen and oxygen atoms in total. The third kappa shape index (κ3) is 3.66. The van der Waals surface area contributed by atoms with Crippen LogP contribution in [0, 0.1) is 17.8 Å². The highest BCUT2D eigenvalue weighted by Gasteiger charge is 2.59. The molecule has 12 heteroatoms. The van der Waals surface area contributed by atoms with Gasteiger partial charge in [-0.15, -0.1) is 0 Å². The summed E-state index contributed by atoms with van der Waals surface area (Å²) in [5.41, 5.74) is -3.52. The lowest BCUT2D eigenvalue weighted by Crippen LogP contribution is -2.59. The Kier molecular flexibility index (Phi) is 5.07. The van der Waals surface area contributed by atoms with Crippen molar-refractivity contribution in [1.29, 1.82) is 0 Å². The van der Waals surface area contributed by atoms with Crippen molar-refractivity contribution >= 4 is 27.8 Å². The Morgan fingerprint density at radius 3 is 2.17 bits per heavy atom. The number of ketones is 1. The third-order valence-corrected chi connectivity index (χ3v) is 7.11. The van der Waals surface area contributed by atoms with Gasteiger partial charge >= 0.3 is 27.3 Å². The first kappa shape index (κ1) is 22.0. The van der Waals surface area contributed by atoms with Crippen molar-refractivity contribution in [2.75, 3.05) is 0 Å². The Morgan fingerprint density at radius 1 is 1.17 bits per heavy atom. The molecule has 4 rings (SSSR count). The van der Waals surface area contributed by atoms with Gasteiger partial charge in [-0.3, -0.25) is 9.35 Å². The van der Waals surface area contributed by atoms with Crippen molar-refractivity contribution in [1.82, 2.24) is 0 Å². The number of aliphatic hydroxyl groups is 1. The van der Waals surface area contributed by atoms with E-state index in [1.54, 1.807) is 0 Å². The van der Waals surface area contributed by atoms with Crippen molar-refractivity contribution < 1.29 is 50.7 Å². The van der Waals surface area contributed by atoms with Gasteiger partial charge in [0.15, 0.2) is 5.60 Å². The topological polar surface area (TPSA) is 144 Å². The summed E-state index contributed by atoms with van der Waals surface area (Å²) in [5, 5.41) is 5.18. The van der Waals surface area contributed by atoms with E-state index in [-0.39, 0.29) is 23.5 Å². The molecule has 164 valence electrons. The Hall–Kier alpha value is -1.66. The zero-order chi connectivity index (χ0) is 22.0. The van der Waals surface area contributed by atoms with Crippen LogP contribution in [0.15, 0.2) is 0 Å². The normalized spacial score (nSPS) is 34.4. The zero-order valence-electron chi connectivity index (χ0n) is 15.8. The smallest absolute Gasteiger partial charge is 0.457 e. The van der Waals surface area contributed by atoms with E-state index in [0.717, 1.165) is 26.7 Å². The van der Waals surface area contributed by atoms with Gasteiger partial charge in [0.25, 0.3) is 0 Å². The zero-order valence-corrected chi connectivity index (χ0v) is 16.6. The molecule has 0 aromatic heterocycles. The molecule has 0 amide bonds. The predicted molar refractivity (Wildman–Crippen MR) is 90.1 cm³/mol. The number of hydrogen-bond donors (Lipinski definition) is 2. The van der Waals surface area contributed by atoms with Gasteiger partial charge in [-0.25, -0.2) is 9.59 Å². The average Bonchev–Trinajstić information content (AvgIpc) is 2.57. The van der Waals surface area contributed by atoms with Gasteiger partial charge in [0.1, 0.15) is 17.5 Å². The van der Waals surface area contributed by atoms with Gasteiger partial charge in [0.05, 0.1) is 0 Å². The minimum Gasteiger partial charge on any atom is -0.457 e. The van der Waals surface area contributed by atoms with Crippen molar-refractivity contribution in [3.8, 4) is 0 Å². The van der Waals surface area contributed by atoms with Crippen LogP contribution >= 0.6 is 0 Å². The van der Waals surface area contributed by atoms with Crippen LogP contribution in [0.1, 0.15) is 46.0 Å². The van der Waals surface area contributed by atoms with Gasteiger partial charge < -0.3 is 14.6 Å². The number of carbonyl (C=O) groups excluding carboxylic acids is 3. The van der Waals surface area contributed by atoms with E-state index in [2.05, 4.69) is 4.74 Å². The van der Waals surface area contributed by atoms with Crippen LogP contribution in [0.4, 0.5) is 8.78 Å². The van der Waals surface area contributed by atoms with E-state index in [4.69, 9.17) is 9.29 Å². The van der Waals surface area contributed by atoms with Crippen molar-refractivity contribution in [2.45, 2.75) is 68.5 Å². The molecular formula is C17H22F2O9S. The Balaban J connectivity index is 1.70. The maximum Gasteiger partial charge on any atom is 0.465 e. The summed E-state index contributed by atoms with van der Waals surface area (Å²) in [6.45, 7) is 1.78. The summed E-state index contributed by atoms with van der Waals surface area (Å²) in [6, 6.07) is 0. The maximum absolute atomic E-state index is 13.4. The number of Topliss-reactive ketones (excluding diaryl/α,β-unsaturated/α-hetero) is 1. The van der Waals surface area contributed by atoms with Gasteiger partial charge in [0, 0.05) is 11.8 Å². The number of ether oxygens (including phenoxy) is 2. The molecule has 0 spiro atoms. The van der Waals surface area contributed by atoms with Crippen LogP contribution < -0.4 is 0 Å². The number of alkyl halides is 2. The first-order chi connectivity index (χ1) is 13.1. The molecule has 0 saturated heterocycles. The highest BCUT2D eigenvalue weighted by Crippen LogP contribution is 2.55. The summed E-state index contributed by atoms with van der Waals surface area (Å²) >= 11 is 0. The molecule has 2 N–H and O–H groups in total. The standard InChI is InChI=1S/C17H22F2O9S/c1-8(27-14(22)17(18,19)29(24,25)26)15(2,23)13(21)28-16-5-9-3-10(6-16)12(20)11(4-9)7-16/h8-11,23H,3-7H2,1-2H3,(H,24,25,26). The highest BCUT2D eigenvalue weighted by atomic mass is 32.2. The van der Waals surface area contributed by atoms with Crippen LogP contribution in [-0.2, 0) is 34.0 Å². The molecule has 0 heterocycles. The first-order valence-electron chi connectivity index (χ1n) is 9.14. The third-order valence-electron chi connectivity index (χ3n) is 6.30. The lowest BCUT2D eigenvalue weighted by Gasteiger charge is -2.55. The molecule has 4 fully saturated rings. The molecule has 0 aromatic carbocycles. The summed E-state index contributed by atoms with van der Waals surface area (Å²) < 4.78 is 66.2. The van der Waals surface area contributed by atoms with Crippen LogP contribution in [0.3, 0.4) is 0 Å². The molecule has 4 saturated carbocycles. The minimum absolute atomic E-state index is 0.147. The van der Waals surface area contributed by atoms with Crippen molar-refractivity contribution in [2.24, 2.45) is 17.8 Å². The number of esters is 2. The lowest BCUT2D eigenvalue weighted by molar-refractivity contribution is -0.214. The number of hydrogen-bond acceptors (Lipinski definition) is 8. The minimum atomic E-state index is -6.09. The van der Waals surface area contributed by atoms with Gasteiger partial charge in [-0.05, 0) is 51.9 Å². The summed E-state index contributed by atoms with van der Waals surface area (Å²) in [5.74, 6) is -3.95. The molecule has 4 atom stereocenters. The van der Waals surface area contributed by atoms with E-state index >= 15 is 0 Å². The van der Waals surface area contributed by atoms with Crippen LogP contribution in [0.5, 0.6) is 0 Å². The fourth-order valence-electron chi connectivity index (χ4n) is 4.72. The number of halogens is 2. The molecule has 29 heavy (non-hydrogen) atoms. The van der Waals surface area contributed by atoms with Crippen LogP contribution in [0.25, 0.3) is 0 Å². The maximum atomic E-state index is 13.4. The predicted octanol–water partition coefficient (Wildman–Crippen LogP) is 0.841. The molecule has 0 aliphatic heterocycles. The van der Waals surface area contributed by atoms with E-state index in [9.17, 15) is 36.7 Å². The highest BCUT2D eigenvalue weighted by molar-refractivity contribution is 7.87. The molecule has 4 aliphatic rings. The molecule has 0 aromatic rings. The summed E-state index contributed by atoms with van der Waals surface area (Å²) in [6.07, 6.45) is 0.689. The summed E-state index contributed by atoms with van der Waals surface area (Å²) in [7, 11) is -6.09. The molecule has 0 radical (unpaired) electrons. The van der Waals surface area contributed by atoms with E-state index in [1.807, 2.05) is 0 Å². The first-order valence-corrected chi connectivity index (χ1v) is 10.6. The summed E-state index contributed by atoms with van der Waals surface area (Å²) in [4.78, 5) is 36.2. The second-order valence-corrected chi connectivity index (χ2v) is 9.97. The molecule has 4 bridgehead atoms. The lowest BCUT2D eigenvalue weighted by atomic mass is 9.53. The average molecular weight is 440 g/mol.